The number of hydrogen-bond donors (Lipinski definition) is 12. The molecule has 26 nitrogen and oxygen atoms in total. The summed E-state index contributed by atoms with van der Waals surface area (Å²) in [7, 11) is 0. The topological polar surface area (TPSA) is 353 Å². The van der Waals surface area contributed by atoms with E-state index < -0.39 is 123 Å². The molecule has 0 aromatic heterocycles. The molecule has 0 aromatic carbocycles. The largest absolute Gasteiger partial charge is 0.465 e. The van der Waals surface area contributed by atoms with Gasteiger partial charge in [-0.25, -0.2) is 0 Å². The molecule has 6 N–H and O–H groups in total. The van der Waals surface area contributed by atoms with Crippen LogP contribution in [-0.2, 0) is 95.1 Å². The number of ether oxygens (including phenoxy) is 14. The third-order valence-electron chi connectivity index (χ3n) is 11.5. The van der Waals surface area contributed by atoms with Gasteiger partial charge in [-0.3, -0.25) is 28.8 Å². The van der Waals surface area contributed by atoms with Gasteiger partial charge in [0, 0.05) is 52.9 Å². The van der Waals surface area contributed by atoms with Crippen LogP contribution in [-0.4, -0.2) is 288 Å². The Labute approximate surface area is 526 Å². The van der Waals surface area contributed by atoms with Gasteiger partial charge in [0.05, 0.1) is 171 Å². The molecule has 0 saturated heterocycles. The van der Waals surface area contributed by atoms with Crippen LogP contribution in [0.3, 0.4) is 0 Å². The van der Waals surface area contributed by atoms with E-state index in [9.17, 15) is 59.4 Å². The molecule has 494 valence electrons. The van der Waals surface area contributed by atoms with Gasteiger partial charge in [-0.1, -0.05) is 6.92 Å². The molecule has 0 aliphatic heterocycles. The zero-order valence-electron chi connectivity index (χ0n) is 48.0. The Hall–Kier alpha value is -1.48. The number of aliphatic hydroxyl groups excluding tert-OH is 6. The fourth-order valence-electron chi connectivity index (χ4n) is 6.82. The molecule has 0 aliphatic rings. The van der Waals surface area contributed by atoms with Gasteiger partial charge in [0.1, 0.15) is 54.6 Å². The lowest BCUT2D eigenvalue weighted by atomic mass is 9.88. The van der Waals surface area contributed by atoms with Crippen molar-refractivity contribution in [1.29, 1.82) is 0 Å². The molecule has 0 saturated carbocycles. The van der Waals surface area contributed by atoms with Gasteiger partial charge in [-0.2, -0.15) is 75.8 Å². The third-order valence-corrected chi connectivity index (χ3v) is 12.8. The van der Waals surface area contributed by atoms with Crippen molar-refractivity contribution < 1.29 is 126 Å². The number of aliphatic hydroxyl groups is 6. The normalized spacial score (nSPS) is 15.6. The minimum absolute atomic E-state index is 0.00307. The number of ketones is 1. The van der Waals surface area contributed by atoms with Crippen molar-refractivity contribution in [3.8, 4) is 0 Å². The van der Waals surface area contributed by atoms with Crippen LogP contribution >= 0.6 is 75.8 Å². The Balaban J connectivity index is 6.87. The van der Waals surface area contributed by atoms with Gasteiger partial charge >= 0.3 is 29.8 Å². The van der Waals surface area contributed by atoms with Crippen molar-refractivity contribution in [2.45, 2.75) is 107 Å². The lowest BCUT2D eigenvalue weighted by Crippen LogP contribution is -2.41. The summed E-state index contributed by atoms with van der Waals surface area (Å²) in [6, 6.07) is 0. The van der Waals surface area contributed by atoms with Crippen molar-refractivity contribution in [1.82, 2.24) is 0 Å². The molecular weight excluding hydrogens is 1230 g/mol. The Morgan fingerprint density at radius 3 is 1.08 bits per heavy atom. The van der Waals surface area contributed by atoms with E-state index in [1.165, 1.54) is 0 Å². The average molecular weight is 1330 g/mol. The smallest absolute Gasteiger partial charge is 0.307 e. The minimum Gasteiger partial charge on any atom is -0.465 e. The zero-order valence-corrected chi connectivity index (χ0v) is 53.3. The summed E-state index contributed by atoms with van der Waals surface area (Å²) in [5, 5.41) is 59.6. The third kappa shape index (κ3) is 43.2. The van der Waals surface area contributed by atoms with Gasteiger partial charge in [0.15, 0.2) is 0 Å². The number of carbonyl (C=O) groups excluding carboxylic acids is 6. The summed E-state index contributed by atoms with van der Waals surface area (Å²) < 4.78 is 81.0. The van der Waals surface area contributed by atoms with E-state index in [-0.39, 0.29) is 185 Å². The second kappa shape index (κ2) is 54.5. The van der Waals surface area contributed by atoms with Gasteiger partial charge < -0.3 is 97.0 Å². The van der Waals surface area contributed by atoms with Gasteiger partial charge in [0.25, 0.3) is 0 Å². The molecule has 0 heterocycles. The van der Waals surface area contributed by atoms with E-state index in [0.29, 0.717) is 12.2 Å². The second-order valence-corrected chi connectivity index (χ2v) is 21.7. The molecule has 0 aliphatic carbocycles. The number of Topliss-reactive ketones (excluding diaryl/α,β-unsaturated/α-hetero) is 1. The maximum Gasteiger partial charge on any atom is 0.307 e. The second-order valence-electron chi connectivity index (χ2n) is 19.0. The zero-order chi connectivity index (χ0) is 62.8. The summed E-state index contributed by atoms with van der Waals surface area (Å²) in [6.07, 6.45) is -7.63. The first kappa shape index (κ1) is 82.5. The summed E-state index contributed by atoms with van der Waals surface area (Å²) in [4.78, 5) is 73.9. The molecule has 10 atom stereocenters. The van der Waals surface area contributed by atoms with Crippen LogP contribution in [0.25, 0.3) is 0 Å². The van der Waals surface area contributed by atoms with E-state index >= 15 is 0 Å². The van der Waals surface area contributed by atoms with E-state index in [0.717, 1.165) is 0 Å². The maximum atomic E-state index is 12.7. The summed E-state index contributed by atoms with van der Waals surface area (Å²) >= 11 is 24.4. The quantitative estimate of drug-likeness (QED) is 0.0210. The van der Waals surface area contributed by atoms with Crippen molar-refractivity contribution in [2.75, 3.05) is 173 Å². The lowest BCUT2D eigenvalue weighted by Gasteiger charge is -2.34. The van der Waals surface area contributed by atoms with Crippen LogP contribution < -0.4 is 0 Å². The molecule has 0 aromatic rings. The number of hydrogen-bond acceptors (Lipinski definition) is 32. The molecule has 0 bridgehead atoms. The van der Waals surface area contributed by atoms with Crippen LogP contribution in [0.2, 0.25) is 0 Å². The first-order valence-electron chi connectivity index (χ1n) is 27.6. The number of esters is 5. The fraction of sp³-hybridized carbons (Fsp3) is 0.885. The predicted molar refractivity (Wildman–Crippen MR) is 323 cm³/mol. The summed E-state index contributed by atoms with van der Waals surface area (Å²) in [5.74, 6) is -2.18. The van der Waals surface area contributed by atoms with Crippen LogP contribution in [0, 0.1) is 11.3 Å². The minimum atomic E-state index is -1.25. The van der Waals surface area contributed by atoms with E-state index in [1.807, 2.05) is 6.92 Å². The summed E-state index contributed by atoms with van der Waals surface area (Å²) in [5.41, 5.74) is -1.02. The van der Waals surface area contributed by atoms with Crippen molar-refractivity contribution in [3.05, 3.63) is 0 Å². The molecule has 0 radical (unpaired) electrons. The SMILES string of the molecule is CCC(COCC(CO)OCC(COC(=O)CCS)CC(=O)CCS)(COCC(COCC(CO)OC(=O)CCS)OCC(O)CO)COCC(COCC(CO)OC(=O)CCS)OCC(COCC(CO)OC(=O)CCS)OC(=O)CCS. The Bertz CT molecular complexity index is 1700. The van der Waals surface area contributed by atoms with E-state index in [4.69, 9.17) is 66.3 Å². The first-order chi connectivity index (χ1) is 40.5. The Morgan fingerprint density at radius 2 is 0.702 bits per heavy atom. The molecule has 84 heavy (non-hydrogen) atoms. The van der Waals surface area contributed by atoms with Crippen LogP contribution in [0.1, 0.15) is 58.3 Å². The molecule has 0 amide bonds. The predicted octanol–water partition coefficient (Wildman–Crippen LogP) is -0.354. The van der Waals surface area contributed by atoms with Crippen LogP contribution in [0.15, 0.2) is 0 Å². The molecule has 0 rings (SSSR count). The number of rotatable bonds is 59. The summed E-state index contributed by atoms with van der Waals surface area (Å²) in [6.45, 7) is -4.03. The molecule has 10 unspecified atom stereocenters. The Morgan fingerprint density at radius 1 is 0.369 bits per heavy atom. The molecular formula is C52H94O26S6. The van der Waals surface area contributed by atoms with Crippen molar-refractivity contribution in [2.24, 2.45) is 11.3 Å². The van der Waals surface area contributed by atoms with Crippen LogP contribution in [0.5, 0.6) is 0 Å². The molecule has 32 heteroatoms. The van der Waals surface area contributed by atoms with E-state index in [1.54, 1.807) is 0 Å². The van der Waals surface area contributed by atoms with E-state index in [2.05, 4.69) is 75.8 Å². The highest BCUT2D eigenvalue weighted by molar-refractivity contribution is 7.81. The first-order valence-corrected chi connectivity index (χ1v) is 31.4. The van der Waals surface area contributed by atoms with Gasteiger partial charge in [0.2, 0.25) is 0 Å². The van der Waals surface area contributed by atoms with Gasteiger partial charge in [-0.05, 0) is 12.2 Å². The highest BCUT2D eigenvalue weighted by atomic mass is 32.1. The monoisotopic (exact) mass is 1330 g/mol. The maximum absolute atomic E-state index is 12.7. The Kier molecular flexibility index (Phi) is 53.5. The van der Waals surface area contributed by atoms with Crippen molar-refractivity contribution in [3.63, 3.8) is 0 Å². The number of carbonyl (C=O) groups is 6. The van der Waals surface area contributed by atoms with Crippen molar-refractivity contribution >= 4 is 111 Å². The lowest BCUT2D eigenvalue weighted by molar-refractivity contribution is -0.167. The van der Waals surface area contributed by atoms with Gasteiger partial charge in [-0.15, -0.1) is 0 Å². The number of thiol groups is 6. The standard InChI is InChI=1S/C52H94O26S6/c1-2-52(34-68-24-40(17-54)71-21-37(15-38(58)3-9-79)22-74-47(60)4-10-80,35-69-30-44(72-23-39(59)16-53)28-65-25-41(18-55)75-48(61)5-11-81)36-70-31-45(29-66-26-42(19-56)76-49(62)6-12-82)73-33-46(78-51(64)8-14-84)32-67-27-43(20-57)77-50(63)7-13-83/h37,39-46,53-57,59,79-84H,2-36H2,1H3. The molecule has 0 spiro atoms. The highest BCUT2D eigenvalue weighted by Gasteiger charge is 2.33. The average Bonchev–Trinajstić information content (AvgIpc) is 3.52. The van der Waals surface area contributed by atoms with Crippen LogP contribution in [0.4, 0.5) is 0 Å². The molecule has 0 fully saturated rings. The fourth-order valence-corrected chi connectivity index (χ4v) is 7.99. The highest BCUT2D eigenvalue weighted by Crippen LogP contribution is 2.25.